The summed E-state index contributed by atoms with van der Waals surface area (Å²) in [5.74, 6) is 0.713. The lowest BCUT2D eigenvalue weighted by atomic mass is 9.85. The Kier molecular flexibility index (Phi) is 5.29. The number of hydrogen-bond donors (Lipinski definition) is 1. The van der Waals surface area contributed by atoms with Gasteiger partial charge in [-0.25, -0.2) is 5.01 Å². The molecule has 122 valence electrons. The molecule has 1 N–H and O–H groups in total. The van der Waals surface area contributed by atoms with E-state index >= 15 is 0 Å². The van der Waals surface area contributed by atoms with Crippen LogP contribution >= 0.6 is 0 Å². The fourth-order valence-electron chi connectivity index (χ4n) is 3.39. The third-order valence-electron chi connectivity index (χ3n) is 4.92. The van der Waals surface area contributed by atoms with Crippen LogP contribution in [0.5, 0.6) is 0 Å². The summed E-state index contributed by atoms with van der Waals surface area (Å²) in [6.07, 6.45) is 12.6. The fourth-order valence-corrected chi connectivity index (χ4v) is 3.39. The number of rotatable bonds is 4. The molecule has 0 aromatic heterocycles. The van der Waals surface area contributed by atoms with Gasteiger partial charge in [-0.2, -0.15) is 0 Å². The Hall–Kier alpha value is -1.87. The molecule has 0 bridgehead atoms. The lowest BCUT2D eigenvalue weighted by Crippen LogP contribution is -2.44. The molecule has 1 aromatic carbocycles. The molecule has 3 nitrogen and oxygen atoms in total. The van der Waals surface area contributed by atoms with Gasteiger partial charge >= 0.3 is 0 Å². The van der Waals surface area contributed by atoms with E-state index in [0.717, 1.165) is 37.4 Å². The molecule has 1 heterocycles. The number of hydrogen-bond acceptors (Lipinski definition) is 2. The van der Waals surface area contributed by atoms with E-state index in [0.29, 0.717) is 0 Å². The second kappa shape index (κ2) is 7.60. The number of nitrogens with one attached hydrogen (secondary N) is 1. The average Bonchev–Trinajstić information content (AvgIpc) is 2.63. The van der Waals surface area contributed by atoms with E-state index in [9.17, 15) is 4.79 Å². The lowest BCUT2D eigenvalue weighted by Gasteiger charge is -2.30. The molecular formula is C20H26N2O. The Balaban J connectivity index is 1.54. The molecule has 1 atom stereocenters. The third-order valence-corrected chi connectivity index (χ3v) is 4.92. The number of allylic oxidation sites excluding steroid dienone is 2. The van der Waals surface area contributed by atoms with E-state index in [1.54, 1.807) is 5.57 Å². The number of nitrogens with zero attached hydrogens (tertiary/aromatic N) is 1. The zero-order chi connectivity index (χ0) is 16.1. The number of benzene rings is 1. The number of aryl methyl sites for hydroxylation is 1. The molecule has 1 unspecified atom stereocenters. The first-order valence-corrected chi connectivity index (χ1v) is 8.75. The first-order valence-electron chi connectivity index (χ1n) is 8.75. The van der Waals surface area contributed by atoms with Crippen molar-refractivity contribution in [2.24, 2.45) is 5.92 Å². The maximum absolute atomic E-state index is 12.3. The van der Waals surface area contributed by atoms with Gasteiger partial charge in [-0.05, 0) is 55.7 Å². The summed E-state index contributed by atoms with van der Waals surface area (Å²) in [4.78, 5) is 12.3. The summed E-state index contributed by atoms with van der Waals surface area (Å²) >= 11 is 0. The van der Waals surface area contributed by atoms with Gasteiger partial charge in [-0.3, -0.25) is 10.2 Å². The Morgan fingerprint density at radius 1 is 1.26 bits per heavy atom. The lowest BCUT2D eigenvalue weighted by molar-refractivity contribution is 0.0799. The summed E-state index contributed by atoms with van der Waals surface area (Å²) in [5.41, 5.74) is 6.60. The molecule has 3 rings (SSSR count). The zero-order valence-corrected chi connectivity index (χ0v) is 13.9. The standard InChI is InChI=1S/C20H26N2O/c1-2-16-8-10-19(11-9-16)20(23)21-22-14-12-18(13-15-22)17-6-4-3-5-7-17/h3-4,8-12,17H,2,5-7,13-15H2,1H3,(H,21,23). The van der Waals surface area contributed by atoms with Crippen LogP contribution in [0.15, 0.2) is 48.1 Å². The van der Waals surface area contributed by atoms with Crippen molar-refractivity contribution < 1.29 is 4.79 Å². The zero-order valence-electron chi connectivity index (χ0n) is 13.9. The summed E-state index contributed by atoms with van der Waals surface area (Å²) in [5, 5.41) is 2.03. The Labute approximate surface area is 139 Å². The summed E-state index contributed by atoms with van der Waals surface area (Å²) in [6.45, 7) is 3.84. The van der Waals surface area contributed by atoms with Gasteiger partial charge in [0.15, 0.2) is 0 Å². The van der Waals surface area contributed by atoms with Gasteiger partial charge in [0.1, 0.15) is 0 Å². The molecule has 1 aliphatic carbocycles. The number of hydrazine groups is 1. The molecule has 2 aliphatic rings. The van der Waals surface area contributed by atoms with Crippen molar-refractivity contribution in [1.82, 2.24) is 10.4 Å². The van der Waals surface area contributed by atoms with Crippen LogP contribution in [0.4, 0.5) is 0 Å². The van der Waals surface area contributed by atoms with E-state index in [-0.39, 0.29) is 5.91 Å². The van der Waals surface area contributed by atoms with Crippen LogP contribution in [-0.2, 0) is 6.42 Å². The molecule has 1 aromatic rings. The minimum absolute atomic E-state index is 0.00916. The number of carbonyl (C=O) groups excluding carboxylic acids is 1. The molecule has 23 heavy (non-hydrogen) atoms. The second-order valence-electron chi connectivity index (χ2n) is 6.45. The highest BCUT2D eigenvalue weighted by Gasteiger charge is 2.20. The van der Waals surface area contributed by atoms with E-state index in [1.807, 2.05) is 29.3 Å². The van der Waals surface area contributed by atoms with Crippen molar-refractivity contribution in [3.05, 3.63) is 59.2 Å². The smallest absolute Gasteiger partial charge is 0.265 e. The first kappa shape index (κ1) is 16.0. The maximum Gasteiger partial charge on any atom is 0.265 e. The normalized spacial score (nSPS) is 21.8. The van der Waals surface area contributed by atoms with Crippen LogP contribution in [0.25, 0.3) is 0 Å². The van der Waals surface area contributed by atoms with Gasteiger partial charge in [0.25, 0.3) is 5.91 Å². The molecule has 0 saturated carbocycles. The molecule has 1 aliphatic heterocycles. The highest BCUT2D eigenvalue weighted by molar-refractivity contribution is 5.93. The molecule has 0 saturated heterocycles. The SMILES string of the molecule is CCc1ccc(C(=O)NN2CC=C(C3CC=CCC3)CC2)cc1. The first-order chi connectivity index (χ1) is 11.3. The van der Waals surface area contributed by atoms with Crippen LogP contribution in [0.2, 0.25) is 0 Å². The van der Waals surface area contributed by atoms with E-state index in [1.165, 1.54) is 24.8 Å². The van der Waals surface area contributed by atoms with E-state index in [4.69, 9.17) is 0 Å². The predicted octanol–water partition coefficient (Wildman–Crippen LogP) is 3.88. The minimum Gasteiger partial charge on any atom is -0.284 e. The van der Waals surface area contributed by atoms with Gasteiger partial charge < -0.3 is 0 Å². The van der Waals surface area contributed by atoms with Gasteiger partial charge in [0, 0.05) is 18.7 Å². The second-order valence-corrected chi connectivity index (χ2v) is 6.45. The van der Waals surface area contributed by atoms with Gasteiger partial charge in [0.05, 0.1) is 0 Å². The quantitative estimate of drug-likeness (QED) is 0.856. The predicted molar refractivity (Wildman–Crippen MR) is 94.0 cm³/mol. The van der Waals surface area contributed by atoms with Crippen LogP contribution in [0.1, 0.15) is 48.5 Å². The Bertz CT molecular complexity index is 601. The Morgan fingerprint density at radius 2 is 2.09 bits per heavy atom. The molecular weight excluding hydrogens is 284 g/mol. The molecule has 1 amide bonds. The number of amides is 1. The molecule has 0 fully saturated rings. The van der Waals surface area contributed by atoms with Crippen molar-refractivity contribution in [2.45, 2.75) is 39.0 Å². The van der Waals surface area contributed by atoms with Crippen molar-refractivity contribution in [1.29, 1.82) is 0 Å². The van der Waals surface area contributed by atoms with E-state index < -0.39 is 0 Å². The minimum atomic E-state index is -0.00916. The fraction of sp³-hybridized carbons (Fsp3) is 0.450. The van der Waals surface area contributed by atoms with Crippen LogP contribution in [-0.4, -0.2) is 24.0 Å². The van der Waals surface area contributed by atoms with Crippen molar-refractivity contribution in [3.63, 3.8) is 0 Å². The van der Waals surface area contributed by atoms with Crippen LogP contribution in [0.3, 0.4) is 0 Å². The van der Waals surface area contributed by atoms with Crippen molar-refractivity contribution >= 4 is 5.91 Å². The largest absolute Gasteiger partial charge is 0.284 e. The highest BCUT2D eigenvalue weighted by Crippen LogP contribution is 2.29. The average molecular weight is 310 g/mol. The van der Waals surface area contributed by atoms with Crippen molar-refractivity contribution in [3.8, 4) is 0 Å². The summed E-state index contributed by atoms with van der Waals surface area (Å²) in [7, 11) is 0. The monoisotopic (exact) mass is 310 g/mol. The Morgan fingerprint density at radius 3 is 2.70 bits per heavy atom. The van der Waals surface area contributed by atoms with Crippen LogP contribution in [0, 0.1) is 5.92 Å². The molecule has 0 radical (unpaired) electrons. The van der Waals surface area contributed by atoms with Crippen LogP contribution < -0.4 is 5.43 Å². The summed E-state index contributed by atoms with van der Waals surface area (Å²) < 4.78 is 0. The summed E-state index contributed by atoms with van der Waals surface area (Å²) in [6, 6.07) is 7.88. The maximum atomic E-state index is 12.3. The van der Waals surface area contributed by atoms with Gasteiger partial charge in [-0.15, -0.1) is 0 Å². The third kappa shape index (κ3) is 4.11. The molecule has 0 spiro atoms. The van der Waals surface area contributed by atoms with Gasteiger partial charge in [0.2, 0.25) is 0 Å². The van der Waals surface area contributed by atoms with Gasteiger partial charge in [-0.1, -0.05) is 42.9 Å². The molecule has 3 heteroatoms. The van der Waals surface area contributed by atoms with E-state index in [2.05, 4.69) is 30.6 Å². The highest BCUT2D eigenvalue weighted by atomic mass is 16.2. The number of carbonyl (C=O) groups is 1. The van der Waals surface area contributed by atoms with Crippen molar-refractivity contribution in [2.75, 3.05) is 13.1 Å². The topological polar surface area (TPSA) is 32.3 Å².